The standard InChI is InChI=1S/C26H31N3O3/c1-18-15-21-23(32-18)16-22-24(30)29(14-13-19-9-5-3-6-10-19)26(2,17-28(21)22)25(31)27-20-11-7-4-8-12-20/h3,5-6,9-10,15-16,20H,4,7-8,11-14,17H2,1-2H3,(H,27,31)/t26-/m0/s1. The lowest BCUT2D eigenvalue weighted by Crippen LogP contribution is -2.65. The summed E-state index contributed by atoms with van der Waals surface area (Å²) in [5.74, 6) is 0.633. The Morgan fingerprint density at radius 1 is 1.16 bits per heavy atom. The summed E-state index contributed by atoms with van der Waals surface area (Å²) in [7, 11) is 0. The van der Waals surface area contributed by atoms with Crippen LogP contribution < -0.4 is 5.32 Å². The summed E-state index contributed by atoms with van der Waals surface area (Å²) in [5.41, 5.74) is 2.36. The highest BCUT2D eigenvalue weighted by molar-refractivity contribution is 6.03. The molecule has 0 spiro atoms. The molecule has 3 heterocycles. The van der Waals surface area contributed by atoms with Gasteiger partial charge in [-0.25, -0.2) is 0 Å². The fourth-order valence-electron chi connectivity index (χ4n) is 5.28. The normalized spacial score (nSPS) is 21.7. The fourth-order valence-corrected chi connectivity index (χ4v) is 5.28. The topological polar surface area (TPSA) is 67.5 Å². The van der Waals surface area contributed by atoms with Crippen LogP contribution in [0.3, 0.4) is 0 Å². The molecule has 0 saturated heterocycles. The summed E-state index contributed by atoms with van der Waals surface area (Å²) < 4.78 is 7.76. The maximum absolute atomic E-state index is 13.7. The SMILES string of the molecule is Cc1cc2c(cc3n2C[C@@](C)(C(=O)NC2CCCCC2)N(CCc2ccccc2)C3=O)o1. The molecule has 2 amide bonds. The Kier molecular flexibility index (Phi) is 5.31. The van der Waals surface area contributed by atoms with E-state index < -0.39 is 5.54 Å². The highest BCUT2D eigenvalue weighted by atomic mass is 16.3. The van der Waals surface area contributed by atoms with Crippen molar-refractivity contribution in [3.05, 3.63) is 59.5 Å². The monoisotopic (exact) mass is 433 g/mol. The minimum Gasteiger partial charge on any atom is -0.460 e. The predicted molar refractivity (Wildman–Crippen MR) is 124 cm³/mol. The van der Waals surface area contributed by atoms with Gasteiger partial charge in [0.25, 0.3) is 5.91 Å². The number of fused-ring (bicyclic) bond motifs is 3. The molecule has 1 aliphatic carbocycles. The van der Waals surface area contributed by atoms with Crippen LogP contribution in [0.4, 0.5) is 0 Å². The second-order valence-electron chi connectivity index (χ2n) is 9.50. The van der Waals surface area contributed by atoms with Gasteiger partial charge in [-0.1, -0.05) is 49.6 Å². The summed E-state index contributed by atoms with van der Waals surface area (Å²) >= 11 is 0. The number of hydrogen-bond donors (Lipinski definition) is 1. The third-order valence-electron chi connectivity index (χ3n) is 7.14. The Balaban J connectivity index is 1.49. The number of hydrogen-bond acceptors (Lipinski definition) is 3. The highest BCUT2D eigenvalue weighted by Gasteiger charge is 2.48. The molecule has 6 nitrogen and oxygen atoms in total. The number of benzene rings is 1. The average Bonchev–Trinajstić information content (AvgIpc) is 3.31. The summed E-state index contributed by atoms with van der Waals surface area (Å²) in [6.45, 7) is 4.72. The molecular weight excluding hydrogens is 402 g/mol. The van der Waals surface area contributed by atoms with Gasteiger partial charge >= 0.3 is 0 Å². The molecule has 0 bridgehead atoms. The Labute approximate surface area is 188 Å². The van der Waals surface area contributed by atoms with Gasteiger partial charge < -0.3 is 19.2 Å². The lowest BCUT2D eigenvalue weighted by atomic mass is 9.91. The highest BCUT2D eigenvalue weighted by Crippen LogP contribution is 2.34. The van der Waals surface area contributed by atoms with Crippen molar-refractivity contribution in [1.29, 1.82) is 0 Å². The maximum atomic E-state index is 13.7. The second kappa shape index (κ2) is 8.15. The minimum absolute atomic E-state index is 0.0569. The first-order chi connectivity index (χ1) is 15.5. The zero-order chi connectivity index (χ0) is 22.3. The predicted octanol–water partition coefficient (Wildman–Crippen LogP) is 4.45. The lowest BCUT2D eigenvalue weighted by molar-refractivity contribution is -0.133. The number of amides is 2. The summed E-state index contributed by atoms with van der Waals surface area (Å²) in [5, 5.41) is 3.28. The molecule has 1 fully saturated rings. The molecule has 1 N–H and O–H groups in total. The molecule has 168 valence electrons. The third kappa shape index (κ3) is 3.61. The molecule has 1 saturated carbocycles. The van der Waals surface area contributed by atoms with Crippen molar-refractivity contribution < 1.29 is 14.0 Å². The van der Waals surface area contributed by atoms with Gasteiger partial charge in [-0.15, -0.1) is 0 Å². The van der Waals surface area contributed by atoms with Crippen LogP contribution in [0.15, 0.2) is 46.9 Å². The quantitative estimate of drug-likeness (QED) is 0.646. The number of aromatic nitrogens is 1. The van der Waals surface area contributed by atoms with Crippen molar-refractivity contribution in [3.63, 3.8) is 0 Å². The Morgan fingerprint density at radius 3 is 2.66 bits per heavy atom. The van der Waals surface area contributed by atoms with E-state index in [4.69, 9.17) is 4.42 Å². The minimum atomic E-state index is -0.965. The van der Waals surface area contributed by atoms with Gasteiger partial charge in [0.15, 0.2) is 5.58 Å². The largest absolute Gasteiger partial charge is 0.460 e. The van der Waals surface area contributed by atoms with Crippen molar-refractivity contribution >= 4 is 22.9 Å². The van der Waals surface area contributed by atoms with Gasteiger partial charge in [0, 0.05) is 24.7 Å². The molecule has 1 aromatic carbocycles. The van der Waals surface area contributed by atoms with Crippen LogP contribution in [0.25, 0.3) is 11.1 Å². The van der Waals surface area contributed by atoms with Gasteiger partial charge in [0.2, 0.25) is 5.91 Å². The summed E-state index contributed by atoms with van der Waals surface area (Å²) in [6.07, 6.45) is 6.26. The molecule has 1 atom stereocenters. The average molecular weight is 434 g/mol. The van der Waals surface area contributed by atoms with Crippen LogP contribution in [0, 0.1) is 6.92 Å². The smallest absolute Gasteiger partial charge is 0.271 e. The lowest BCUT2D eigenvalue weighted by Gasteiger charge is -2.45. The van der Waals surface area contributed by atoms with Crippen molar-refractivity contribution in [2.24, 2.45) is 0 Å². The molecule has 3 aromatic rings. The van der Waals surface area contributed by atoms with E-state index in [1.165, 1.54) is 6.42 Å². The second-order valence-corrected chi connectivity index (χ2v) is 9.50. The molecule has 1 aliphatic heterocycles. The van der Waals surface area contributed by atoms with E-state index >= 15 is 0 Å². The van der Waals surface area contributed by atoms with E-state index in [9.17, 15) is 9.59 Å². The van der Waals surface area contributed by atoms with E-state index in [0.29, 0.717) is 30.8 Å². The number of carbonyl (C=O) groups is 2. The first-order valence-corrected chi connectivity index (χ1v) is 11.7. The summed E-state index contributed by atoms with van der Waals surface area (Å²) in [6, 6.07) is 14.1. The number of carbonyl (C=O) groups excluding carboxylic acids is 2. The Morgan fingerprint density at radius 2 is 1.91 bits per heavy atom. The molecule has 0 radical (unpaired) electrons. The number of rotatable bonds is 5. The van der Waals surface area contributed by atoms with E-state index in [1.54, 1.807) is 4.90 Å². The van der Waals surface area contributed by atoms with E-state index in [2.05, 4.69) is 17.4 Å². The molecule has 6 heteroatoms. The Hall–Kier alpha value is -3.02. The van der Waals surface area contributed by atoms with Gasteiger partial charge in [-0.3, -0.25) is 9.59 Å². The first-order valence-electron chi connectivity index (χ1n) is 11.7. The zero-order valence-corrected chi connectivity index (χ0v) is 18.9. The van der Waals surface area contributed by atoms with Crippen LogP contribution in [0.1, 0.15) is 60.8 Å². The number of nitrogens with zero attached hydrogens (tertiary/aromatic N) is 2. The van der Waals surface area contributed by atoms with Crippen molar-refractivity contribution in [1.82, 2.24) is 14.8 Å². The summed E-state index contributed by atoms with van der Waals surface area (Å²) in [4.78, 5) is 29.1. The van der Waals surface area contributed by atoms with Gasteiger partial charge in [0.05, 0.1) is 12.1 Å². The Bertz CT molecular complexity index is 1140. The zero-order valence-electron chi connectivity index (χ0n) is 18.9. The molecule has 0 unspecified atom stereocenters. The molecule has 2 aromatic heterocycles. The van der Waals surface area contributed by atoms with Gasteiger partial charge in [-0.05, 0) is 38.7 Å². The molecule has 32 heavy (non-hydrogen) atoms. The fraction of sp³-hybridized carbons (Fsp3) is 0.462. The number of nitrogens with one attached hydrogen (secondary N) is 1. The maximum Gasteiger partial charge on any atom is 0.271 e. The van der Waals surface area contributed by atoms with E-state index in [-0.39, 0.29) is 17.9 Å². The third-order valence-corrected chi connectivity index (χ3v) is 7.14. The molecular formula is C26H31N3O3. The molecule has 2 aliphatic rings. The van der Waals surface area contributed by atoms with Gasteiger partial charge in [-0.2, -0.15) is 0 Å². The van der Waals surface area contributed by atoms with Crippen LogP contribution in [-0.2, 0) is 17.8 Å². The number of aryl methyl sites for hydroxylation is 1. The van der Waals surface area contributed by atoms with Crippen LogP contribution >= 0.6 is 0 Å². The van der Waals surface area contributed by atoms with Crippen LogP contribution in [0.5, 0.6) is 0 Å². The first kappa shape index (κ1) is 20.9. The van der Waals surface area contributed by atoms with Gasteiger partial charge in [0.1, 0.15) is 17.0 Å². The van der Waals surface area contributed by atoms with Crippen molar-refractivity contribution in [2.45, 2.75) is 70.5 Å². The van der Waals surface area contributed by atoms with E-state index in [1.807, 2.05) is 48.7 Å². The van der Waals surface area contributed by atoms with Crippen LogP contribution in [0.2, 0.25) is 0 Å². The molecule has 5 rings (SSSR count). The van der Waals surface area contributed by atoms with Crippen molar-refractivity contribution in [3.8, 4) is 0 Å². The van der Waals surface area contributed by atoms with E-state index in [0.717, 1.165) is 42.5 Å². The number of furan rings is 1. The van der Waals surface area contributed by atoms with Crippen molar-refractivity contribution in [2.75, 3.05) is 6.54 Å². The van der Waals surface area contributed by atoms with Crippen LogP contribution in [-0.4, -0.2) is 39.4 Å².